The summed E-state index contributed by atoms with van der Waals surface area (Å²) in [5.41, 5.74) is 1.30. The average molecular weight is 314 g/mol. The molecule has 1 aliphatic rings. The molecule has 1 aliphatic heterocycles. The van der Waals surface area contributed by atoms with Crippen molar-refractivity contribution in [2.75, 3.05) is 11.1 Å². The maximum atomic E-state index is 12.3. The van der Waals surface area contributed by atoms with Crippen LogP contribution in [-0.4, -0.2) is 24.8 Å². The van der Waals surface area contributed by atoms with Crippen LogP contribution in [-0.2, 0) is 14.8 Å². The summed E-state index contributed by atoms with van der Waals surface area (Å²) < 4.78 is 22.1. The molecule has 2 rings (SSSR count). The quantitative estimate of drug-likeness (QED) is 0.891. The number of aryl methyl sites for hydroxylation is 1. The van der Waals surface area contributed by atoms with Gasteiger partial charge in [0.1, 0.15) is 0 Å². The Hall–Kier alpha value is -1.05. The van der Waals surface area contributed by atoms with Crippen LogP contribution in [0.1, 0.15) is 25.3 Å². The minimum atomic E-state index is -3.72. The third-order valence-electron chi connectivity index (χ3n) is 3.47. The number of rotatable bonds is 3. The normalized spacial score (nSPS) is 22.8. The van der Waals surface area contributed by atoms with Crippen molar-refractivity contribution in [3.05, 3.63) is 23.8 Å². The molecular formula is C13H18N2O3S2. The van der Waals surface area contributed by atoms with Gasteiger partial charge in [-0.25, -0.2) is 13.6 Å². The van der Waals surface area contributed by atoms with Crippen LogP contribution in [0.25, 0.3) is 0 Å². The molecule has 0 radical (unpaired) electrons. The van der Waals surface area contributed by atoms with Crippen molar-refractivity contribution < 1.29 is 13.2 Å². The number of anilines is 1. The molecule has 3 N–H and O–H groups in total. The maximum absolute atomic E-state index is 12.3. The van der Waals surface area contributed by atoms with Crippen LogP contribution in [0.2, 0.25) is 0 Å². The van der Waals surface area contributed by atoms with E-state index in [0.717, 1.165) is 18.6 Å². The van der Waals surface area contributed by atoms with E-state index < -0.39 is 14.8 Å². The van der Waals surface area contributed by atoms with E-state index in [1.165, 1.54) is 12.1 Å². The predicted octanol–water partition coefficient (Wildman–Crippen LogP) is 1.87. The number of amides is 1. The lowest BCUT2D eigenvalue weighted by Gasteiger charge is -2.22. The van der Waals surface area contributed by atoms with Crippen molar-refractivity contribution in [2.45, 2.75) is 36.3 Å². The van der Waals surface area contributed by atoms with Crippen LogP contribution in [0, 0.1) is 6.92 Å². The molecule has 7 heteroatoms. The molecule has 1 fully saturated rings. The molecule has 0 aromatic heterocycles. The summed E-state index contributed by atoms with van der Waals surface area (Å²) >= 11 is 1.66. The highest BCUT2D eigenvalue weighted by atomic mass is 32.2. The predicted molar refractivity (Wildman–Crippen MR) is 81.3 cm³/mol. The van der Waals surface area contributed by atoms with Gasteiger partial charge in [0.2, 0.25) is 15.9 Å². The number of hydrogen-bond donors (Lipinski definition) is 2. The van der Waals surface area contributed by atoms with Gasteiger partial charge in [0.05, 0.1) is 9.64 Å². The molecule has 1 amide bonds. The van der Waals surface area contributed by atoms with E-state index in [2.05, 4.69) is 5.32 Å². The van der Waals surface area contributed by atoms with Gasteiger partial charge in [0.25, 0.3) is 0 Å². The third-order valence-corrected chi connectivity index (χ3v) is 5.90. The number of thioether (sulfide) groups is 1. The number of hydrogen-bond acceptors (Lipinski definition) is 4. The topological polar surface area (TPSA) is 89.3 Å². The number of nitrogens with one attached hydrogen (secondary N) is 1. The van der Waals surface area contributed by atoms with E-state index in [9.17, 15) is 13.2 Å². The standard InChI is InChI=1S/C13H18N2O3S2/c1-9-8-10(20(14,17)18)4-5-11(9)15-12(16)13(2)6-3-7-19-13/h4-5,8H,3,6-7H2,1-2H3,(H,15,16)(H2,14,17,18). The number of nitrogens with two attached hydrogens (primary N) is 1. The fourth-order valence-corrected chi connectivity index (χ4v) is 3.97. The smallest absolute Gasteiger partial charge is 0.240 e. The molecule has 110 valence electrons. The molecule has 1 aromatic carbocycles. The molecule has 20 heavy (non-hydrogen) atoms. The van der Waals surface area contributed by atoms with Crippen molar-refractivity contribution in [3.8, 4) is 0 Å². The molecule has 1 unspecified atom stereocenters. The van der Waals surface area contributed by atoms with Crippen LogP contribution in [0.3, 0.4) is 0 Å². The van der Waals surface area contributed by atoms with Gasteiger partial charge < -0.3 is 5.32 Å². The first kappa shape index (κ1) is 15.3. The van der Waals surface area contributed by atoms with Gasteiger partial charge in [-0.3, -0.25) is 4.79 Å². The van der Waals surface area contributed by atoms with Gasteiger partial charge in [-0.2, -0.15) is 0 Å². The average Bonchev–Trinajstić information content (AvgIpc) is 2.78. The number of carbonyl (C=O) groups is 1. The molecular weight excluding hydrogens is 296 g/mol. The van der Waals surface area contributed by atoms with Crippen LogP contribution >= 0.6 is 11.8 Å². The van der Waals surface area contributed by atoms with E-state index >= 15 is 0 Å². The Kier molecular flexibility index (Phi) is 4.13. The second-order valence-corrected chi connectivity index (χ2v) is 8.32. The second kappa shape index (κ2) is 5.38. The Morgan fingerprint density at radius 1 is 1.45 bits per heavy atom. The van der Waals surface area contributed by atoms with Gasteiger partial charge in [0, 0.05) is 5.69 Å². The second-order valence-electron chi connectivity index (χ2n) is 5.16. The zero-order valence-corrected chi connectivity index (χ0v) is 13.1. The van der Waals surface area contributed by atoms with Crippen LogP contribution in [0.4, 0.5) is 5.69 Å². The van der Waals surface area contributed by atoms with E-state index in [0.29, 0.717) is 11.3 Å². The fourth-order valence-electron chi connectivity index (χ4n) is 2.17. The maximum Gasteiger partial charge on any atom is 0.240 e. The molecule has 0 saturated carbocycles. The van der Waals surface area contributed by atoms with Gasteiger partial charge in [0.15, 0.2) is 0 Å². The van der Waals surface area contributed by atoms with Gasteiger partial charge in [-0.05, 0) is 56.2 Å². The Morgan fingerprint density at radius 2 is 2.15 bits per heavy atom. The molecule has 5 nitrogen and oxygen atoms in total. The summed E-state index contributed by atoms with van der Waals surface area (Å²) in [6.45, 7) is 3.68. The molecule has 1 aromatic rings. The zero-order valence-electron chi connectivity index (χ0n) is 11.5. The fraction of sp³-hybridized carbons (Fsp3) is 0.462. The highest BCUT2D eigenvalue weighted by Crippen LogP contribution is 2.38. The van der Waals surface area contributed by atoms with E-state index in [-0.39, 0.29) is 10.8 Å². The minimum Gasteiger partial charge on any atom is -0.325 e. The number of benzene rings is 1. The first-order valence-corrected chi connectivity index (χ1v) is 8.84. The number of sulfonamides is 1. The third kappa shape index (κ3) is 3.16. The lowest BCUT2D eigenvalue weighted by Crippen LogP contribution is -2.34. The van der Waals surface area contributed by atoms with Gasteiger partial charge in [-0.15, -0.1) is 11.8 Å². The molecule has 0 aliphatic carbocycles. The number of primary sulfonamides is 1. The molecule has 1 heterocycles. The van der Waals surface area contributed by atoms with Crippen molar-refractivity contribution in [3.63, 3.8) is 0 Å². The zero-order chi connectivity index (χ0) is 15.0. The Balaban J connectivity index is 2.20. The first-order valence-electron chi connectivity index (χ1n) is 6.31. The van der Waals surface area contributed by atoms with Gasteiger partial charge >= 0.3 is 0 Å². The first-order chi connectivity index (χ1) is 9.22. The lowest BCUT2D eigenvalue weighted by molar-refractivity contribution is -0.118. The van der Waals surface area contributed by atoms with E-state index in [1.54, 1.807) is 24.8 Å². The summed E-state index contributed by atoms with van der Waals surface area (Å²) in [6.07, 6.45) is 1.90. The molecule has 1 saturated heterocycles. The van der Waals surface area contributed by atoms with Crippen LogP contribution in [0.5, 0.6) is 0 Å². The van der Waals surface area contributed by atoms with Crippen molar-refractivity contribution in [1.29, 1.82) is 0 Å². The Bertz CT molecular complexity index is 635. The summed E-state index contributed by atoms with van der Waals surface area (Å²) in [5.74, 6) is 0.958. The van der Waals surface area contributed by atoms with E-state index in [4.69, 9.17) is 5.14 Å². The highest BCUT2D eigenvalue weighted by molar-refractivity contribution is 8.01. The van der Waals surface area contributed by atoms with Gasteiger partial charge in [-0.1, -0.05) is 0 Å². The van der Waals surface area contributed by atoms with E-state index in [1.807, 2.05) is 6.92 Å². The Labute approximate surface area is 123 Å². The highest BCUT2D eigenvalue weighted by Gasteiger charge is 2.37. The van der Waals surface area contributed by atoms with Crippen LogP contribution in [0.15, 0.2) is 23.1 Å². The summed E-state index contributed by atoms with van der Waals surface area (Å²) in [5, 5.41) is 7.96. The SMILES string of the molecule is Cc1cc(S(N)(=O)=O)ccc1NC(=O)C1(C)CCCS1. The molecule has 1 atom stereocenters. The van der Waals surface area contributed by atoms with Crippen molar-refractivity contribution >= 4 is 33.4 Å². The summed E-state index contributed by atoms with van der Waals surface area (Å²) in [7, 11) is -3.72. The number of carbonyl (C=O) groups excluding carboxylic acids is 1. The monoisotopic (exact) mass is 314 g/mol. The Morgan fingerprint density at radius 3 is 2.65 bits per heavy atom. The summed E-state index contributed by atoms with van der Waals surface area (Å²) in [6, 6.07) is 4.45. The van der Waals surface area contributed by atoms with Crippen molar-refractivity contribution in [2.24, 2.45) is 5.14 Å². The van der Waals surface area contributed by atoms with Crippen molar-refractivity contribution in [1.82, 2.24) is 0 Å². The largest absolute Gasteiger partial charge is 0.325 e. The van der Waals surface area contributed by atoms with Crippen LogP contribution < -0.4 is 10.5 Å². The molecule has 0 bridgehead atoms. The lowest BCUT2D eigenvalue weighted by atomic mass is 10.0. The summed E-state index contributed by atoms with van der Waals surface area (Å²) in [4.78, 5) is 12.3. The molecule has 0 spiro atoms. The minimum absolute atomic E-state index is 0.0357.